The van der Waals surface area contributed by atoms with Gasteiger partial charge in [-0.05, 0) is 24.6 Å². The zero-order valence-electron chi connectivity index (χ0n) is 9.36. The summed E-state index contributed by atoms with van der Waals surface area (Å²) in [4.78, 5) is 0. The zero-order chi connectivity index (χ0) is 12.0. The summed E-state index contributed by atoms with van der Waals surface area (Å²) < 4.78 is 0. The first-order chi connectivity index (χ1) is 7.69. The molecule has 0 aliphatic heterocycles. The maximum absolute atomic E-state index is 9.85. The van der Waals surface area contributed by atoms with Crippen LogP contribution in [0, 0.1) is 0 Å². The maximum atomic E-state index is 9.85. The van der Waals surface area contributed by atoms with Crippen LogP contribution >= 0.6 is 15.9 Å². The summed E-state index contributed by atoms with van der Waals surface area (Å²) in [6, 6.07) is 7.62. The van der Waals surface area contributed by atoms with Gasteiger partial charge in [-0.1, -0.05) is 40.2 Å². The molecule has 0 amide bonds. The molecule has 0 heterocycles. The van der Waals surface area contributed by atoms with Crippen molar-refractivity contribution < 1.29 is 10.2 Å². The van der Waals surface area contributed by atoms with Gasteiger partial charge >= 0.3 is 0 Å². The van der Waals surface area contributed by atoms with Crippen LogP contribution in [-0.2, 0) is 6.54 Å². The van der Waals surface area contributed by atoms with Crippen LogP contribution in [0.5, 0.6) is 0 Å². The fourth-order valence-corrected chi connectivity index (χ4v) is 2.00. The Kier molecular flexibility index (Phi) is 5.98. The molecule has 0 saturated carbocycles. The molecule has 0 spiro atoms. The molecule has 0 aliphatic carbocycles. The quantitative estimate of drug-likeness (QED) is 0.697. The summed E-state index contributed by atoms with van der Waals surface area (Å²) in [6.07, 6.45) is -0.977. The SMILES string of the molecule is CNCc1ccc(C(O)C(O)CCBr)cc1. The van der Waals surface area contributed by atoms with E-state index >= 15 is 0 Å². The predicted octanol–water partition coefficient (Wildman–Crippen LogP) is 1.59. The smallest absolute Gasteiger partial charge is 0.105 e. The minimum atomic E-state index is -0.804. The molecule has 1 aromatic rings. The Hall–Kier alpha value is -0.420. The minimum Gasteiger partial charge on any atom is -0.390 e. The molecule has 1 rings (SSSR count). The van der Waals surface area contributed by atoms with E-state index < -0.39 is 12.2 Å². The largest absolute Gasteiger partial charge is 0.390 e. The average Bonchev–Trinajstić information content (AvgIpc) is 2.30. The highest BCUT2D eigenvalue weighted by Crippen LogP contribution is 2.19. The van der Waals surface area contributed by atoms with Gasteiger partial charge < -0.3 is 15.5 Å². The Morgan fingerprint density at radius 3 is 2.38 bits per heavy atom. The highest BCUT2D eigenvalue weighted by Gasteiger charge is 2.17. The number of hydrogen-bond acceptors (Lipinski definition) is 3. The van der Waals surface area contributed by atoms with Crippen molar-refractivity contribution in [2.45, 2.75) is 25.2 Å². The fraction of sp³-hybridized carbons (Fsp3) is 0.500. The van der Waals surface area contributed by atoms with Crippen LogP contribution in [-0.4, -0.2) is 28.7 Å². The third-order valence-corrected chi connectivity index (χ3v) is 2.93. The predicted molar refractivity (Wildman–Crippen MR) is 68.6 cm³/mol. The van der Waals surface area contributed by atoms with E-state index in [2.05, 4.69) is 21.2 Å². The van der Waals surface area contributed by atoms with Crippen LogP contribution in [0.25, 0.3) is 0 Å². The van der Waals surface area contributed by atoms with Crippen LogP contribution < -0.4 is 5.32 Å². The van der Waals surface area contributed by atoms with Gasteiger partial charge in [-0.15, -0.1) is 0 Å². The summed E-state index contributed by atoms with van der Waals surface area (Å²) in [7, 11) is 1.89. The summed E-state index contributed by atoms with van der Waals surface area (Å²) in [5.74, 6) is 0. The van der Waals surface area contributed by atoms with Gasteiger partial charge in [0.2, 0.25) is 0 Å². The van der Waals surface area contributed by atoms with E-state index in [1.807, 2.05) is 31.3 Å². The number of nitrogens with one attached hydrogen (secondary N) is 1. The van der Waals surface area contributed by atoms with E-state index in [1.165, 1.54) is 0 Å². The lowest BCUT2D eigenvalue weighted by atomic mass is 10.0. The Balaban J connectivity index is 2.65. The van der Waals surface area contributed by atoms with E-state index in [-0.39, 0.29) is 0 Å². The molecule has 4 heteroatoms. The van der Waals surface area contributed by atoms with Gasteiger partial charge in [-0.3, -0.25) is 0 Å². The number of alkyl halides is 1. The summed E-state index contributed by atoms with van der Waals surface area (Å²) in [5, 5.41) is 23.2. The normalized spacial score (nSPS) is 14.8. The third-order valence-electron chi connectivity index (χ3n) is 2.47. The van der Waals surface area contributed by atoms with E-state index in [1.54, 1.807) is 0 Å². The molecule has 0 aliphatic rings. The zero-order valence-corrected chi connectivity index (χ0v) is 10.9. The molecule has 3 nitrogen and oxygen atoms in total. The number of hydrogen-bond donors (Lipinski definition) is 3. The van der Waals surface area contributed by atoms with Gasteiger partial charge in [0.15, 0.2) is 0 Å². The maximum Gasteiger partial charge on any atom is 0.105 e. The highest BCUT2D eigenvalue weighted by atomic mass is 79.9. The number of rotatable bonds is 6. The summed E-state index contributed by atoms with van der Waals surface area (Å²) >= 11 is 3.24. The second kappa shape index (κ2) is 7.01. The first kappa shape index (κ1) is 13.6. The van der Waals surface area contributed by atoms with Crippen LogP contribution in [0.15, 0.2) is 24.3 Å². The highest BCUT2D eigenvalue weighted by molar-refractivity contribution is 9.09. The van der Waals surface area contributed by atoms with Gasteiger partial charge in [0.25, 0.3) is 0 Å². The second-order valence-electron chi connectivity index (χ2n) is 3.76. The number of aliphatic hydroxyl groups excluding tert-OH is 2. The van der Waals surface area contributed by atoms with E-state index in [0.29, 0.717) is 11.8 Å². The lowest BCUT2D eigenvalue weighted by molar-refractivity contribution is 0.0173. The van der Waals surface area contributed by atoms with Gasteiger partial charge in [0, 0.05) is 11.9 Å². The van der Waals surface area contributed by atoms with Crippen molar-refractivity contribution in [2.24, 2.45) is 0 Å². The van der Waals surface area contributed by atoms with Crippen molar-refractivity contribution in [3.63, 3.8) is 0 Å². The van der Waals surface area contributed by atoms with Crippen LogP contribution in [0.2, 0.25) is 0 Å². The molecule has 16 heavy (non-hydrogen) atoms. The molecule has 1 aromatic carbocycles. The minimum absolute atomic E-state index is 0.541. The molecular formula is C12H18BrNO2. The van der Waals surface area contributed by atoms with Crippen molar-refractivity contribution in [2.75, 3.05) is 12.4 Å². The number of benzene rings is 1. The second-order valence-corrected chi connectivity index (χ2v) is 4.55. The lowest BCUT2D eigenvalue weighted by Gasteiger charge is -2.17. The molecule has 0 fully saturated rings. The van der Waals surface area contributed by atoms with Crippen molar-refractivity contribution in [3.8, 4) is 0 Å². The van der Waals surface area contributed by atoms with Gasteiger partial charge in [-0.2, -0.15) is 0 Å². The number of aliphatic hydroxyl groups is 2. The molecule has 90 valence electrons. The summed E-state index contributed by atoms with van der Waals surface area (Å²) in [6.45, 7) is 0.806. The molecule has 0 radical (unpaired) electrons. The molecule has 0 saturated heterocycles. The van der Waals surface area contributed by atoms with Gasteiger partial charge in [-0.25, -0.2) is 0 Å². The molecule has 2 unspecified atom stereocenters. The van der Waals surface area contributed by atoms with E-state index in [0.717, 1.165) is 17.7 Å². The first-order valence-electron chi connectivity index (χ1n) is 5.34. The van der Waals surface area contributed by atoms with Crippen LogP contribution in [0.3, 0.4) is 0 Å². The monoisotopic (exact) mass is 287 g/mol. The topological polar surface area (TPSA) is 52.5 Å². The molecule has 0 aromatic heterocycles. The van der Waals surface area contributed by atoms with Crippen molar-refractivity contribution in [1.29, 1.82) is 0 Å². The van der Waals surface area contributed by atoms with Gasteiger partial charge in [0.05, 0.1) is 6.10 Å². The molecule has 2 atom stereocenters. The van der Waals surface area contributed by atoms with E-state index in [9.17, 15) is 10.2 Å². The van der Waals surface area contributed by atoms with Crippen LogP contribution in [0.4, 0.5) is 0 Å². The van der Waals surface area contributed by atoms with Crippen molar-refractivity contribution in [1.82, 2.24) is 5.32 Å². The van der Waals surface area contributed by atoms with E-state index in [4.69, 9.17) is 0 Å². The summed E-state index contributed by atoms with van der Waals surface area (Å²) in [5.41, 5.74) is 1.92. The molecule has 0 bridgehead atoms. The Morgan fingerprint density at radius 1 is 1.25 bits per heavy atom. The van der Waals surface area contributed by atoms with Gasteiger partial charge in [0.1, 0.15) is 6.10 Å². The Morgan fingerprint density at radius 2 is 1.88 bits per heavy atom. The average molecular weight is 288 g/mol. The number of halogens is 1. The molecular weight excluding hydrogens is 270 g/mol. The Bertz CT molecular complexity index is 302. The first-order valence-corrected chi connectivity index (χ1v) is 6.46. The van der Waals surface area contributed by atoms with Crippen molar-refractivity contribution >= 4 is 15.9 Å². The lowest BCUT2D eigenvalue weighted by Crippen LogP contribution is -2.18. The third kappa shape index (κ3) is 3.87. The standard InChI is InChI=1S/C12H18BrNO2/c1-14-8-9-2-4-10(5-3-9)12(16)11(15)6-7-13/h2-5,11-12,14-16H,6-8H2,1H3. The fourth-order valence-electron chi connectivity index (χ4n) is 1.53. The molecule has 3 N–H and O–H groups in total. The van der Waals surface area contributed by atoms with Crippen LogP contribution in [0.1, 0.15) is 23.7 Å². The van der Waals surface area contributed by atoms with Crippen molar-refractivity contribution in [3.05, 3.63) is 35.4 Å². The Labute approximate surface area is 105 Å².